The normalized spacial score (nSPS) is 10.1. The second-order valence-corrected chi connectivity index (χ2v) is 3.58. The Bertz CT molecular complexity index is 478. The van der Waals surface area contributed by atoms with E-state index in [1.807, 2.05) is 33.8 Å². The third kappa shape index (κ3) is 1.68. The highest BCUT2D eigenvalue weighted by Crippen LogP contribution is 2.15. The van der Waals surface area contributed by atoms with Gasteiger partial charge in [-0.3, -0.25) is 4.79 Å². The lowest BCUT2D eigenvalue weighted by molar-refractivity contribution is 0.685. The molecule has 0 N–H and O–H groups in total. The van der Waals surface area contributed by atoms with E-state index in [1.54, 1.807) is 4.57 Å². The number of nitriles is 1. The Labute approximate surface area is 90.0 Å². The number of nitrogens with zero attached hydrogens (tertiary/aromatic N) is 2. The van der Waals surface area contributed by atoms with E-state index in [0.717, 1.165) is 23.2 Å². The summed E-state index contributed by atoms with van der Waals surface area (Å²) in [5.74, 6) is 0. The number of hydrogen-bond acceptors (Lipinski definition) is 2. The monoisotopic (exact) mass is 204 g/mol. The molecule has 80 valence electrons. The molecule has 0 aliphatic carbocycles. The zero-order chi connectivity index (χ0) is 11.6. The second-order valence-electron chi connectivity index (χ2n) is 3.58. The highest BCUT2D eigenvalue weighted by molar-refractivity contribution is 5.42. The molecule has 0 aliphatic heterocycles. The van der Waals surface area contributed by atoms with Crippen LogP contribution in [0, 0.1) is 25.2 Å². The van der Waals surface area contributed by atoms with E-state index in [0.29, 0.717) is 12.1 Å². The van der Waals surface area contributed by atoms with Crippen LogP contribution in [0.5, 0.6) is 0 Å². The van der Waals surface area contributed by atoms with E-state index in [9.17, 15) is 4.79 Å². The summed E-state index contributed by atoms with van der Waals surface area (Å²) in [7, 11) is 0. The van der Waals surface area contributed by atoms with E-state index in [4.69, 9.17) is 5.26 Å². The molecule has 0 aliphatic rings. The fourth-order valence-electron chi connectivity index (χ4n) is 2.07. The van der Waals surface area contributed by atoms with Gasteiger partial charge in [0.25, 0.3) is 5.56 Å². The zero-order valence-corrected chi connectivity index (χ0v) is 9.72. The van der Waals surface area contributed by atoms with Gasteiger partial charge in [0.15, 0.2) is 0 Å². The fourth-order valence-corrected chi connectivity index (χ4v) is 2.07. The first-order valence-corrected chi connectivity index (χ1v) is 5.21. The maximum Gasteiger partial charge on any atom is 0.268 e. The van der Waals surface area contributed by atoms with Crippen LogP contribution in [0.25, 0.3) is 0 Å². The Morgan fingerprint density at radius 3 is 2.33 bits per heavy atom. The van der Waals surface area contributed by atoms with Crippen molar-refractivity contribution < 1.29 is 0 Å². The van der Waals surface area contributed by atoms with Gasteiger partial charge in [-0.15, -0.1) is 0 Å². The predicted octanol–water partition coefficient (Wildman–Crippen LogP) is 1.92. The van der Waals surface area contributed by atoms with E-state index >= 15 is 0 Å². The van der Waals surface area contributed by atoms with Crippen molar-refractivity contribution >= 4 is 0 Å². The molecule has 1 rings (SSSR count). The molecular weight excluding hydrogens is 188 g/mol. The number of pyridine rings is 1. The molecule has 0 spiro atoms. The van der Waals surface area contributed by atoms with Crippen molar-refractivity contribution in [3.63, 3.8) is 0 Å². The summed E-state index contributed by atoms with van der Waals surface area (Å²) in [5.41, 5.74) is 3.08. The van der Waals surface area contributed by atoms with E-state index in [-0.39, 0.29) is 5.56 Å². The minimum absolute atomic E-state index is 0.160. The van der Waals surface area contributed by atoms with Gasteiger partial charge in [-0.05, 0) is 38.3 Å². The quantitative estimate of drug-likeness (QED) is 0.738. The molecule has 3 nitrogen and oxygen atoms in total. The van der Waals surface area contributed by atoms with E-state index in [2.05, 4.69) is 0 Å². The number of rotatable bonds is 2. The molecule has 1 aromatic heterocycles. The molecule has 0 amide bonds. The van der Waals surface area contributed by atoms with Gasteiger partial charge >= 0.3 is 0 Å². The largest absolute Gasteiger partial charge is 0.312 e. The zero-order valence-electron chi connectivity index (χ0n) is 9.72. The standard InChI is InChI=1S/C12H16N2O/c1-5-10-8(3)11(7-13)12(15)14(6-2)9(10)4/h5-6H2,1-4H3. The van der Waals surface area contributed by atoms with Gasteiger partial charge in [-0.25, -0.2) is 0 Å². The van der Waals surface area contributed by atoms with E-state index < -0.39 is 0 Å². The highest BCUT2D eigenvalue weighted by atomic mass is 16.1. The van der Waals surface area contributed by atoms with Crippen LogP contribution in [0.1, 0.15) is 36.2 Å². The predicted molar refractivity (Wildman–Crippen MR) is 59.9 cm³/mol. The average molecular weight is 204 g/mol. The van der Waals surface area contributed by atoms with Crippen LogP contribution >= 0.6 is 0 Å². The summed E-state index contributed by atoms with van der Waals surface area (Å²) >= 11 is 0. The molecular formula is C12H16N2O. The summed E-state index contributed by atoms with van der Waals surface area (Å²) in [6.45, 7) is 8.38. The first-order valence-electron chi connectivity index (χ1n) is 5.21. The minimum atomic E-state index is -0.160. The van der Waals surface area contributed by atoms with Gasteiger partial charge in [0.05, 0.1) is 0 Å². The van der Waals surface area contributed by atoms with Crippen molar-refractivity contribution in [2.24, 2.45) is 0 Å². The van der Waals surface area contributed by atoms with Crippen molar-refractivity contribution in [2.45, 2.75) is 40.7 Å². The van der Waals surface area contributed by atoms with Crippen LogP contribution < -0.4 is 5.56 Å². The van der Waals surface area contributed by atoms with Gasteiger partial charge in [-0.2, -0.15) is 5.26 Å². The summed E-state index contributed by atoms with van der Waals surface area (Å²) in [6, 6.07) is 2.01. The van der Waals surface area contributed by atoms with Gasteiger partial charge in [0.1, 0.15) is 11.6 Å². The summed E-state index contributed by atoms with van der Waals surface area (Å²) in [6.07, 6.45) is 0.854. The molecule has 3 heteroatoms. The van der Waals surface area contributed by atoms with Gasteiger partial charge < -0.3 is 4.57 Å². The lowest BCUT2D eigenvalue weighted by Crippen LogP contribution is -2.27. The minimum Gasteiger partial charge on any atom is -0.312 e. The Morgan fingerprint density at radius 1 is 1.33 bits per heavy atom. The second kappa shape index (κ2) is 4.31. The van der Waals surface area contributed by atoms with Gasteiger partial charge in [-0.1, -0.05) is 6.92 Å². The van der Waals surface area contributed by atoms with Crippen LogP contribution in [0.2, 0.25) is 0 Å². The molecule has 0 unspecified atom stereocenters. The topological polar surface area (TPSA) is 45.8 Å². The Hall–Kier alpha value is -1.56. The molecule has 1 aromatic rings. The molecule has 0 saturated heterocycles. The molecule has 0 saturated carbocycles. The van der Waals surface area contributed by atoms with Crippen LogP contribution in [0.15, 0.2) is 4.79 Å². The molecule has 0 atom stereocenters. The lowest BCUT2D eigenvalue weighted by atomic mass is 10.0. The van der Waals surface area contributed by atoms with Crippen molar-refractivity contribution in [1.82, 2.24) is 4.57 Å². The molecule has 15 heavy (non-hydrogen) atoms. The van der Waals surface area contributed by atoms with Gasteiger partial charge in [0, 0.05) is 12.2 Å². The molecule has 0 radical (unpaired) electrons. The fraction of sp³-hybridized carbons (Fsp3) is 0.500. The number of aromatic nitrogens is 1. The smallest absolute Gasteiger partial charge is 0.268 e. The molecule has 0 aromatic carbocycles. The maximum atomic E-state index is 11.9. The van der Waals surface area contributed by atoms with Crippen molar-refractivity contribution in [1.29, 1.82) is 5.26 Å². The third-order valence-corrected chi connectivity index (χ3v) is 2.91. The van der Waals surface area contributed by atoms with Crippen molar-refractivity contribution in [3.8, 4) is 6.07 Å². The maximum absolute atomic E-state index is 11.9. The van der Waals surface area contributed by atoms with Crippen LogP contribution in [0.3, 0.4) is 0 Å². The summed E-state index contributed by atoms with van der Waals surface area (Å²) in [4.78, 5) is 11.9. The summed E-state index contributed by atoms with van der Waals surface area (Å²) in [5, 5.41) is 8.97. The van der Waals surface area contributed by atoms with Crippen LogP contribution in [-0.2, 0) is 13.0 Å². The van der Waals surface area contributed by atoms with Crippen molar-refractivity contribution in [2.75, 3.05) is 0 Å². The lowest BCUT2D eigenvalue weighted by Gasteiger charge is -2.15. The SMILES string of the molecule is CCc1c(C)c(C#N)c(=O)n(CC)c1C. The molecule has 0 bridgehead atoms. The van der Waals surface area contributed by atoms with Crippen molar-refractivity contribution in [3.05, 3.63) is 32.7 Å². The van der Waals surface area contributed by atoms with Gasteiger partial charge in [0.2, 0.25) is 0 Å². The highest BCUT2D eigenvalue weighted by Gasteiger charge is 2.14. The Kier molecular flexibility index (Phi) is 3.31. The average Bonchev–Trinajstić information content (AvgIpc) is 2.19. The summed E-state index contributed by atoms with van der Waals surface area (Å²) < 4.78 is 1.67. The van der Waals surface area contributed by atoms with Crippen LogP contribution in [-0.4, -0.2) is 4.57 Å². The first kappa shape index (κ1) is 11.5. The number of hydrogen-bond donors (Lipinski definition) is 0. The first-order chi connectivity index (χ1) is 7.08. The Balaban J connectivity index is 3.75. The van der Waals surface area contributed by atoms with Crippen LogP contribution in [0.4, 0.5) is 0 Å². The Morgan fingerprint density at radius 2 is 1.93 bits per heavy atom. The van der Waals surface area contributed by atoms with E-state index in [1.165, 1.54) is 0 Å². The third-order valence-electron chi connectivity index (χ3n) is 2.91. The molecule has 0 fully saturated rings. The molecule has 1 heterocycles.